The minimum atomic E-state index is -2.13. The van der Waals surface area contributed by atoms with Gasteiger partial charge in [0.15, 0.2) is 0 Å². The van der Waals surface area contributed by atoms with E-state index in [0.29, 0.717) is 12.4 Å². The highest BCUT2D eigenvalue weighted by Gasteiger charge is 2.37. The highest BCUT2D eigenvalue weighted by Crippen LogP contribution is 2.33. The van der Waals surface area contributed by atoms with E-state index in [1.54, 1.807) is 12.1 Å². The fourth-order valence-corrected chi connectivity index (χ4v) is 1.94. The SMILES string of the molecule is COC(=O)C(C)(F)c1ccc2c(c1)OCCC2. The van der Waals surface area contributed by atoms with Gasteiger partial charge in [0.05, 0.1) is 13.7 Å². The van der Waals surface area contributed by atoms with Gasteiger partial charge in [0.1, 0.15) is 5.75 Å². The topological polar surface area (TPSA) is 35.5 Å². The number of hydrogen-bond acceptors (Lipinski definition) is 3. The second kappa shape index (κ2) is 4.35. The molecular weight excluding hydrogens is 223 g/mol. The summed E-state index contributed by atoms with van der Waals surface area (Å²) in [6.07, 6.45) is 1.90. The predicted octanol–water partition coefficient (Wildman–Crippen LogP) is 2.37. The van der Waals surface area contributed by atoms with E-state index >= 15 is 0 Å². The standard InChI is InChI=1S/C13H15FO3/c1-13(14,12(15)16-2)10-6-5-9-4-3-7-17-11(9)8-10/h5-6,8H,3-4,7H2,1-2H3. The van der Waals surface area contributed by atoms with Crippen molar-refractivity contribution in [1.82, 2.24) is 0 Å². The number of aryl methyl sites for hydroxylation is 1. The van der Waals surface area contributed by atoms with Crippen molar-refractivity contribution in [2.75, 3.05) is 13.7 Å². The monoisotopic (exact) mass is 238 g/mol. The molecule has 4 heteroatoms. The summed E-state index contributed by atoms with van der Waals surface area (Å²) in [5.41, 5.74) is -0.810. The molecule has 0 fully saturated rings. The number of alkyl halides is 1. The molecule has 1 aromatic carbocycles. The number of carbonyl (C=O) groups excluding carboxylic acids is 1. The van der Waals surface area contributed by atoms with Crippen molar-refractivity contribution in [2.45, 2.75) is 25.4 Å². The van der Waals surface area contributed by atoms with Gasteiger partial charge in [0.25, 0.3) is 0 Å². The Morgan fingerprint density at radius 3 is 3.00 bits per heavy atom. The Morgan fingerprint density at radius 2 is 2.29 bits per heavy atom. The van der Waals surface area contributed by atoms with Gasteiger partial charge in [-0.25, -0.2) is 9.18 Å². The van der Waals surface area contributed by atoms with Crippen LogP contribution in [0.15, 0.2) is 18.2 Å². The van der Waals surface area contributed by atoms with Gasteiger partial charge in [-0.1, -0.05) is 12.1 Å². The van der Waals surface area contributed by atoms with Gasteiger partial charge in [0, 0.05) is 5.56 Å². The summed E-state index contributed by atoms with van der Waals surface area (Å²) in [6.45, 7) is 1.83. The molecule has 1 unspecified atom stereocenters. The van der Waals surface area contributed by atoms with Crippen LogP contribution in [0.2, 0.25) is 0 Å². The molecule has 0 aromatic heterocycles. The van der Waals surface area contributed by atoms with Gasteiger partial charge in [-0.05, 0) is 31.4 Å². The number of esters is 1. The lowest BCUT2D eigenvalue weighted by Gasteiger charge is -2.22. The molecule has 92 valence electrons. The maximum Gasteiger partial charge on any atom is 0.348 e. The molecule has 0 aliphatic carbocycles. The highest BCUT2D eigenvalue weighted by molar-refractivity contribution is 5.80. The first-order chi connectivity index (χ1) is 8.05. The molecule has 0 bridgehead atoms. The van der Waals surface area contributed by atoms with E-state index in [-0.39, 0.29) is 5.56 Å². The average Bonchev–Trinajstić information content (AvgIpc) is 2.37. The molecule has 0 saturated heterocycles. The van der Waals surface area contributed by atoms with Gasteiger partial charge in [-0.3, -0.25) is 0 Å². The molecule has 0 radical (unpaired) electrons. The molecule has 2 rings (SSSR count). The smallest absolute Gasteiger partial charge is 0.348 e. The minimum absolute atomic E-state index is 0.269. The first kappa shape index (κ1) is 11.9. The van der Waals surface area contributed by atoms with Crippen LogP contribution >= 0.6 is 0 Å². The first-order valence-corrected chi connectivity index (χ1v) is 5.59. The molecule has 3 nitrogen and oxygen atoms in total. The maximum atomic E-state index is 14.3. The van der Waals surface area contributed by atoms with Crippen molar-refractivity contribution in [3.05, 3.63) is 29.3 Å². The lowest BCUT2D eigenvalue weighted by Crippen LogP contribution is -2.29. The van der Waals surface area contributed by atoms with Crippen LogP contribution in [0.25, 0.3) is 0 Å². The summed E-state index contributed by atoms with van der Waals surface area (Å²) < 4.78 is 24.2. The zero-order chi connectivity index (χ0) is 12.5. The number of hydrogen-bond donors (Lipinski definition) is 0. The molecule has 1 heterocycles. The van der Waals surface area contributed by atoms with Gasteiger partial charge >= 0.3 is 5.97 Å². The summed E-state index contributed by atoms with van der Waals surface area (Å²) in [5, 5.41) is 0. The lowest BCUT2D eigenvalue weighted by molar-refractivity contribution is -0.154. The van der Waals surface area contributed by atoms with E-state index in [1.165, 1.54) is 14.0 Å². The third-order valence-corrected chi connectivity index (χ3v) is 3.03. The summed E-state index contributed by atoms with van der Waals surface area (Å²) in [6, 6.07) is 5.01. The van der Waals surface area contributed by atoms with Crippen LogP contribution in [0.4, 0.5) is 4.39 Å². The Labute approximate surface area is 99.5 Å². The van der Waals surface area contributed by atoms with Crippen molar-refractivity contribution >= 4 is 5.97 Å². The van der Waals surface area contributed by atoms with E-state index in [1.807, 2.05) is 6.07 Å². The molecule has 0 amide bonds. The van der Waals surface area contributed by atoms with Crippen molar-refractivity contribution in [3.8, 4) is 5.75 Å². The van der Waals surface area contributed by atoms with E-state index in [9.17, 15) is 9.18 Å². The first-order valence-electron chi connectivity index (χ1n) is 5.59. The third-order valence-electron chi connectivity index (χ3n) is 3.03. The molecule has 17 heavy (non-hydrogen) atoms. The summed E-state index contributed by atoms with van der Waals surface area (Å²) in [4.78, 5) is 11.4. The number of ether oxygens (including phenoxy) is 2. The van der Waals surface area contributed by atoms with Gasteiger partial charge in [-0.15, -0.1) is 0 Å². The Hall–Kier alpha value is -1.58. The molecule has 1 aromatic rings. The summed E-state index contributed by atoms with van der Waals surface area (Å²) >= 11 is 0. The molecule has 1 atom stereocenters. The van der Waals surface area contributed by atoms with Crippen LogP contribution in [0.1, 0.15) is 24.5 Å². The van der Waals surface area contributed by atoms with Crippen molar-refractivity contribution in [2.24, 2.45) is 0 Å². The fraction of sp³-hybridized carbons (Fsp3) is 0.462. The van der Waals surface area contributed by atoms with Crippen molar-refractivity contribution < 1.29 is 18.7 Å². The zero-order valence-corrected chi connectivity index (χ0v) is 9.96. The van der Waals surface area contributed by atoms with Crippen LogP contribution in [0.3, 0.4) is 0 Å². The molecule has 1 aliphatic heterocycles. The lowest BCUT2D eigenvalue weighted by atomic mass is 9.94. The average molecular weight is 238 g/mol. The maximum absolute atomic E-state index is 14.3. The summed E-state index contributed by atoms with van der Waals surface area (Å²) in [5.74, 6) is -0.227. The van der Waals surface area contributed by atoms with Crippen LogP contribution in [-0.4, -0.2) is 19.7 Å². The van der Waals surface area contributed by atoms with E-state index < -0.39 is 11.6 Å². The molecule has 0 saturated carbocycles. The normalized spacial score (nSPS) is 17.6. The van der Waals surface area contributed by atoms with Gasteiger partial charge < -0.3 is 9.47 Å². The number of fused-ring (bicyclic) bond motifs is 1. The van der Waals surface area contributed by atoms with Crippen LogP contribution in [-0.2, 0) is 21.6 Å². The second-order valence-corrected chi connectivity index (χ2v) is 4.27. The Kier molecular flexibility index (Phi) is 3.05. The fourth-order valence-electron chi connectivity index (χ4n) is 1.94. The summed E-state index contributed by atoms with van der Waals surface area (Å²) in [7, 11) is 1.18. The number of rotatable bonds is 2. The Morgan fingerprint density at radius 1 is 1.53 bits per heavy atom. The number of benzene rings is 1. The Balaban J connectivity index is 2.36. The van der Waals surface area contributed by atoms with Gasteiger partial charge in [-0.2, -0.15) is 0 Å². The quantitative estimate of drug-likeness (QED) is 0.742. The molecule has 0 N–H and O–H groups in total. The van der Waals surface area contributed by atoms with E-state index in [0.717, 1.165) is 18.4 Å². The molecule has 1 aliphatic rings. The van der Waals surface area contributed by atoms with E-state index in [2.05, 4.69) is 4.74 Å². The number of halogens is 1. The van der Waals surface area contributed by atoms with Crippen molar-refractivity contribution in [1.29, 1.82) is 0 Å². The molecular formula is C13H15FO3. The van der Waals surface area contributed by atoms with E-state index in [4.69, 9.17) is 4.74 Å². The van der Waals surface area contributed by atoms with Crippen LogP contribution in [0, 0.1) is 0 Å². The highest BCUT2D eigenvalue weighted by atomic mass is 19.1. The zero-order valence-electron chi connectivity index (χ0n) is 9.96. The van der Waals surface area contributed by atoms with Crippen LogP contribution < -0.4 is 4.74 Å². The second-order valence-electron chi connectivity index (χ2n) is 4.27. The minimum Gasteiger partial charge on any atom is -0.493 e. The third kappa shape index (κ3) is 2.12. The van der Waals surface area contributed by atoms with Gasteiger partial charge in [0.2, 0.25) is 5.67 Å². The Bertz CT molecular complexity index is 440. The number of carbonyl (C=O) groups is 1. The van der Waals surface area contributed by atoms with Crippen LogP contribution in [0.5, 0.6) is 5.75 Å². The predicted molar refractivity (Wildman–Crippen MR) is 60.7 cm³/mol. The molecule has 0 spiro atoms. The van der Waals surface area contributed by atoms with Crippen molar-refractivity contribution in [3.63, 3.8) is 0 Å². The number of methoxy groups -OCH3 is 1. The largest absolute Gasteiger partial charge is 0.493 e.